The fraction of sp³-hybridized carbons (Fsp3) is 0.368. The lowest BCUT2D eigenvalue weighted by Crippen LogP contribution is -2.43. The number of hydrogen-bond donors (Lipinski definition) is 2. The first-order valence-corrected chi connectivity index (χ1v) is 9.72. The minimum absolute atomic E-state index is 0.0759. The summed E-state index contributed by atoms with van der Waals surface area (Å²) in [5, 5.41) is 3.24. The van der Waals surface area contributed by atoms with E-state index in [4.69, 9.17) is 4.74 Å². The van der Waals surface area contributed by atoms with E-state index >= 15 is 0 Å². The molecule has 27 heavy (non-hydrogen) atoms. The largest absolute Gasteiger partial charge is 0.467 e. The van der Waals surface area contributed by atoms with Crippen LogP contribution in [0.1, 0.15) is 23.2 Å². The summed E-state index contributed by atoms with van der Waals surface area (Å²) >= 11 is 1.35. The maximum Gasteiger partial charge on any atom is 0.328 e. The number of H-pyrrole nitrogens is 1. The molecule has 2 aromatic rings. The number of aromatic nitrogens is 2. The molecule has 0 spiro atoms. The van der Waals surface area contributed by atoms with E-state index < -0.39 is 12.0 Å². The number of rotatable bonds is 8. The number of nitrogens with one attached hydrogen (secondary N) is 2. The van der Waals surface area contributed by atoms with Gasteiger partial charge in [-0.3, -0.25) is 9.59 Å². The Morgan fingerprint density at radius 3 is 2.59 bits per heavy atom. The number of aromatic amines is 1. The van der Waals surface area contributed by atoms with Gasteiger partial charge in [0.05, 0.1) is 7.11 Å². The molecule has 0 aliphatic rings. The van der Waals surface area contributed by atoms with E-state index in [0.29, 0.717) is 22.8 Å². The van der Waals surface area contributed by atoms with Gasteiger partial charge in [-0.1, -0.05) is 42.1 Å². The van der Waals surface area contributed by atoms with Crippen molar-refractivity contribution in [1.82, 2.24) is 15.3 Å². The molecule has 1 atom stereocenters. The van der Waals surface area contributed by atoms with Crippen molar-refractivity contribution < 1.29 is 14.3 Å². The van der Waals surface area contributed by atoms with Crippen molar-refractivity contribution in [3.05, 3.63) is 57.5 Å². The molecule has 0 aliphatic carbocycles. The highest BCUT2D eigenvalue weighted by Gasteiger charge is 2.22. The number of hydrogen-bond acceptors (Lipinski definition) is 6. The summed E-state index contributed by atoms with van der Waals surface area (Å²) in [6.45, 7) is 1.74. The number of ether oxygens (including phenoxy) is 1. The Morgan fingerprint density at radius 2 is 2.00 bits per heavy atom. The first kappa shape index (κ1) is 20.7. The molecular weight excluding hydrogens is 366 g/mol. The topological polar surface area (TPSA) is 101 Å². The zero-order valence-electron chi connectivity index (χ0n) is 15.6. The SMILES string of the molecule is COC(=O)[C@H](Cc1ccccc1)NC(=O)CCc1c(C)nc(SC)[nH]c1=O. The van der Waals surface area contributed by atoms with E-state index in [-0.39, 0.29) is 24.3 Å². The standard InChI is InChI=1S/C19H23N3O4S/c1-12-14(17(24)22-19(20-12)27-3)9-10-16(23)21-15(18(25)26-2)11-13-7-5-4-6-8-13/h4-8,15H,9-11H2,1-3H3,(H,21,23)(H,20,22,24)/t15-/m0/s1. The number of amides is 1. The van der Waals surface area contributed by atoms with Crippen molar-refractivity contribution in [2.75, 3.05) is 13.4 Å². The van der Waals surface area contributed by atoms with Gasteiger partial charge in [0.2, 0.25) is 5.91 Å². The number of aryl methyl sites for hydroxylation is 1. The van der Waals surface area contributed by atoms with Crippen LogP contribution in [0.3, 0.4) is 0 Å². The number of thioether (sulfide) groups is 1. The highest BCUT2D eigenvalue weighted by atomic mass is 32.2. The van der Waals surface area contributed by atoms with Gasteiger partial charge in [0, 0.05) is 24.1 Å². The molecule has 2 rings (SSSR count). The maximum atomic E-state index is 12.3. The smallest absolute Gasteiger partial charge is 0.328 e. The lowest BCUT2D eigenvalue weighted by atomic mass is 10.1. The van der Waals surface area contributed by atoms with Gasteiger partial charge < -0.3 is 15.0 Å². The number of nitrogens with zero attached hydrogens (tertiary/aromatic N) is 1. The lowest BCUT2D eigenvalue weighted by molar-refractivity contribution is -0.145. The summed E-state index contributed by atoms with van der Waals surface area (Å²) in [7, 11) is 1.29. The van der Waals surface area contributed by atoms with Crippen molar-refractivity contribution in [3.63, 3.8) is 0 Å². The fourth-order valence-electron chi connectivity index (χ4n) is 2.67. The van der Waals surface area contributed by atoms with Crippen LogP contribution in [0.15, 0.2) is 40.3 Å². The molecule has 0 aliphatic heterocycles. The van der Waals surface area contributed by atoms with E-state index in [1.165, 1.54) is 18.9 Å². The van der Waals surface area contributed by atoms with Gasteiger partial charge in [-0.15, -0.1) is 0 Å². The summed E-state index contributed by atoms with van der Waals surface area (Å²) in [4.78, 5) is 43.4. The molecule has 7 nitrogen and oxygen atoms in total. The number of carbonyl (C=O) groups is 2. The Bertz CT molecular complexity index is 852. The zero-order valence-corrected chi connectivity index (χ0v) is 16.4. The maximum absolute atomic E-state index is 12.3. The number of esters is 1. The first-order chi connectivity index (χ1) is 12.9. The predicted octanol–water partition coefficient (Wildman–Crippen LogP) is 1.63. The molecule has 0 saturated heterocycles. The Kier molecular flexibility index (Phi) is 7.60. The van der Waals surface area contributed by atoms with Gasteiger partial charge in [-0.05, 0) is 25.2 Å². The summed E-state index contributed by atoms with van der Waals surface area (Å²) in [6, 6.07) is 8.60. The molecule has 0 unspecified atom stereocenters. The average molecular weight is 389 g/mol. The van der Waals surface area contributed by atoms with Crippen molar-refractivity contribution in [2.24, 2.45) is 0 Å². The predicted molar refractivity (Wildman–Crippen MR) is 104 cm³/mol. The van der Waals surface area contributed by atoms with Crippen LogP contribution in [-0.2, 0) is 27.2 Å². The second-order valence-corrected chi connectivity index (χ2v) is 6.77. The number of methoxy groups -OCH3 is 1. The molecule has 144 valence electrons. The molecule has 2 N–H and O–H groups in total. The Labute approximate surface area is 161 Å². The van der Waals surface area contributed by atoms with Crippen LogP contribution in [0.5, 0.6) is 0 Å². The Morgan fingerprint density at radius 1 is 1.30 bits per heavy atom. The summed E-state index contributed by atoms with van der Waals surface area (Å²) in [5.41, 5.74) is 1.75. The van der Waals surface area contributed by atoms with E-state index in [9.17, 15) is 14.4 Å². The summed E-state index contributed by atoms with van der Waals surface area (Å²) in [6.07, 6.45) is 2.48. The van der Waals surface area contributed by atoms with Crippen LogP contribution >= 0.6 is 11.8 Å². The quantitative estimate of drug-likeness (QED) is 0.404. The minimum atomic E-state index is -0.777. The average Bonchev–Trinajstić information content (AvgIpc) is 2.66. The van der Waals surface area contributed by atoms with E-state index in [1.54, 1.807) is 6.92 Å². The molecule has 1 amide bonds. The Hall–Kier alpha value is -2.61. The third-order valence-electron chi connectivity index (χ3n) is 4.10. The van der Waals surface area contributed by atoms with Crippen molar-refractivity contribution in [2.45, 2.75) is 37.4 Å². The fourth-order valence-corrected chi connectivity index (χ4v) is 3.09. The minimum Gasteiger partial charge on any atom is -0.467 e. The van der Waals surface area contributed by atoms with Crippen molar-refractivity contribution in [3.8, 4) is 0 Å². The van der Waals surface area contributed by atoms with Crippen molar-refractivity contribution >= 4 is 23.6 Å². The van der Waals surface area contributed by atoms with E-state index in [2.05, 4.69) is 15.3 Å². The van der Waals surface area contributed by atoms with Crippen molar-refractivity contribution in [1.29, 1.82) is 0 Å². The van der Waals surface area contributed by atoms with Crippen LogP contribution in [0, 0.1) is 6.92 Å². The van der Waals surface area contributed by atoms with Gasteiger partial charge in [-0.2, -0.15) is 0 Å². The molecule has 0 saturated carbocycles. The van der Waals surface area contributed by atoms with Gasteiger partial charge >= 0.3 is 5.97 Å². The number of benzene rings is 1. The van der Waals surface area contributed by atoms with Gasteiger partial charge in [0.15, 0.2) is 5.16 Å². The molecule has 8 heteroatoms. The third kappa shape index (κ3) is 5.96. The Balaban J connectivity index is 2.02. The second-order valence-electron chi connectivity index (χ2n) is 5.97. The normalized spacial score (nSPS) is 11.7. The highest BCUT2D eigenvalue weighted by Crippen LogP contribution is 2.10. The summed E-state index contributed by atoms with van der Waals surface area (Å²) < 4.78 is 4.79. The van der Waals surface area contributed by atoms with Crippen LogP contribution in [-0.4, -0.2) is 41.3 Å². The highest BCUT2D eigenvalue weighted by molar-refractivity contribution is 7.98. The van der Waals surface area contributed by atoms with Crippen LogP contribution in [0.25, 0.3) is 0 Å². The van der Waals surface area contributed by atoms with Gasteiger partial charge in [0.25, 0.3) is 5.56 Å². The van der Waals surface area contributed by atoms with Crippen LogP contribution < -0.4 is 10.9 Å². The molecule has 0 radical (unpaired) electrons. The molecule has 1 heterocycles. The molecule has 0 fully saturated rings. The van der Waals surface area contributed by atoms with Gasteiger partial charge in [-0.25, -0.2) is 9.78 Å². The van der Waals surface area contributed by atoms with Gasteiger partial charge in [0.1, 0.15) is 6.04 Å². The second kappa shape index (κ2) is 9.91. The van der Waals surface area contributed by atoms with Crippen LogP contribution in [0.4, 0.5) is 0 Å². The molecule has 1 aromatic heterocycles. The first-order valence-electron chi connectivity index (χ1n) is 8.49. The van der Waals surface area contributed by atoms with E-state index in [0.717, 1.165) is 5.56 Å². The monoisotopic (exact) mass is 389 g/mol. The lowest BCUT2D eigenvalue weighted by Gasteiger charge is -2.16. The third-order valence-corrected chi connectivity index (χ3v) is 4.68. The molecule has 1 aromatic carbocycles. The molecular formula is C19H23N3O4S. The summed E-state index contributed by atoms with van der Waals surface area (Å²) in [5.74, 6) is -0.832. The van der Waals surface area contributed by atoms with E-state index in [1.807, 2.05) is 36.6 Å². The number of carbonyl (C=O) groups excluding carboxylic acids is 2. The molecule has 0 bridgehead atoms. The van der Waals surface area contributed by atoms with Crippen LogP contribution in [0.2, 0.25) is 0 Å². The zero-order chi connectivity index (χ0) is 19.8.